The number of hydrogen-bond donors (Lipinski definition) is 4. The van der Waals surface area contributed by atoms with Gasteiger partial charge >= 0.3 is 5.97 Å². The van der Waals surface area contributed by atoms with Crippen LogP contribution < -0.4 is 20.9 Å². The molecular formula is C40H40Cl4F2N8O5. The first kappa shape index (κ1) is 44.9. The summed E-state index contributed by atoms with van der Waals surface area (Å²) >= 11 is 24.5. The second-order valence-electron chi connectivity index (χ2n) is 14.4. The summed E-state index contributed by atoms with van der Waals surface area (Å²) < 4.78 is 42.5. The lowest BCUT2D eigenvalue weighted by atomic mass is 10.1. The number of halogens is 6. The summed E-state index contributed by atoms with van der Waals surface area (Å²) in [4.78, 5) is 19.8. The average molecular weight is 893 g/mol. The van der Waals surface area contributed by atoms with Gasteiger partial charge in [0.25, 0.3) is 0 Å². The predicted molar refractivity (Wildman–Crippen MR) is 224 cm³/mol. The molecule has 0 spiro atoms. The summed E-state index contributed by atoms with van der Waals surface area (Å²) in [5, 5.41) is 27.7. The van der Waals surface area contributed by atoms with Crippen molar-refractivity contribution >= 4 is 64.0 Å². The van der Waals surface area contributed by atoms with E-state index in [4.69, 9.17) is 67.3 Å². The molecule has 2 unspecified atom stereocenters. The highest BCUT2D eigenvalue weighted by atomic mass is 35.5. The summed E-state index contributed by atoms with van der Waals surface area (Å²) in [5.41, 5.74) is 13.5. The van der Waals surface area contributed by atoms with Gasteiger partial charge in [0.15, 0.2) is 28.7 Å². The van der Waals surface area contributed by atoms with E-state index in [1.807, 2.05) is 13.8 Å². The number of anilines is 2. The van der Waals surface area contributed by atoms with Gasteiger partial charge in [-0.15, -0.1) is 0 Å². The first-order valence-corrected chi connectivity index (χ1v) is 19.2. The zero-order valence-electron chi connectivity index (χ0n) is 32.5. The molecule has 4 aromatic heterocycles. The number of nitrogen functional groups attached to an aromatic ring is 2. The van der Waals surface area contributed by atoms with Crippen LogP contribution in [0.1, 0.15) is 64.9 Å². The quantitative estimate of drug-likeness (QED) is 0.0856. The Morgan fingerprint density at radius 3 is 1.54 bits per heavy atom. The van der Waals surface area contributed by atoms with E-state index in [2.05, 4.69) is 20.2 Å². The van der Waals surface area contributed by atoms with E-state index >= 15 is 0 Å². The van der Waals surface area contributed by atoms with Crippen LogP contribution in [0.2, 0.25) is 20.1 Å². The molecule has 0 aliphatic rings. The lowest BCUT2D eigenvalue weighted by Gasteiger charge is -2.22. The maximum Gasteiger partial charge on any atom is 0.331 e. The summed E-state index contributed by atoms with van der Waals surface area (Å²) in [7, 11) is 0. The smallest absolute Gasteiger partial charge is 0.331 e. The topological polar surface area (TPSA) is 189 Å². The largest absolute Gasteiger partial charge is 0.482 e. The van der Waals surface area contributed by atoms with Gasteiger partial charge in [0.05, 0.1) is 34.6 Å². The van der Waals surface area contributed by atoms with Crippen LogP contribution >= 0.6 is 46.4 Å². The van der Waals surface area contributed by atoms with E-state index in [9.17, 15) is 23.8 Å². The maximum atomic E-state index is 13.8. The van der Waals surface area contributed by atoms with E-state index in [1.54, 1.807) is 55.4 Å². The SMILES string of the molecule is CC(Oc1cc(-c2cnn(C(C)(C)C(=O)O)c2)cnc1N)c1c(Cl)ccc(F)c1Cl.CC(Oc1cc(-c2cnn(C(C)(C)CO)c2)cnc1N)c1c(Cl)ccc(F)c1Cl. The number of carboxylic acid groups (broad SMARTS) is 1. The Bertz CT molecular complexity index is 2500. The minimum atomic E-state index is -1.22. The maximum absolute atomic E-state index is 13.8. The molecule has 0 bridgehead atoms. The standard InChI is InChI=1S/C20H19Cl2FN4O3.C20H21Cl2FN4O2/c1-10(16-13(21)4-5-14(23)17(16)22)30-15-6-11(7-25-18(15)24)12-8-26-27(9-12)20(2,3)19(28)29;1-11(17-14(21)4-5-15(23)18(17)22)29-16-6-12(7-25-19(16)24)13-8-26-27(9-13)20(2,3)10-28/h4-10H,1-3H3,(H2,24,25)(H,28,29);4-9,11,28H,10H2,1-3H3,(H2,24,25). The number of aromatic nitrogens is 6. The van der Waals surface area contributed by atoms with Crippen molar-refractivity contribution in [1.82, 2.24) is 29.5 Å². The van der Waals surface area contributed by atoms with Gasteiger partial charge in [0.2, 0.25) is 0 Å². The van der Waals surface area contributed by atoms with Crippen molar-refractivity contribution in [3.05, 3.63) is 116 Å². The van der Waals surface area contributed by atoms with E-state index < -0.39 is 40.9 Å². The number of rotatable bonds is 12. The molecule has 0 fully saturated rings. The minimum absolute atomic E-state index is 0.0604. The van der Waals surface area contributed by atoms with Crippen LogP contribution in [0.3, 0.4) is 0 Å². The molecule has 0 aliphatic heterocycles. The molecule has 0 saturated carbocycles. The molecule has 19 heteroatoms. The van der Waals surface area contributed by atoms with Gasteiger partial charge in [0, 0.05) is 68.2 Å². The predicted octanol–water partition coefficient (Wildman–Crippen LogP) is 9.77. The minimum Gasteiger partial charge on any atom is -0.482 e. The van der Waals surface area contributed by atoms with Crippen LogP contribution in [0.15, 0.2) is 73.6 Å². The lowest BCUT2D eigenvalue weighted by molar-refractivity contribution is -0.146. The molecule has 0 radical (unpaired) electrons. The van der Waals surface area contributed by atoms with Crippen molar-refractivity contribution in [2.45, 2.75) is 64.8 Å². The monoisotopic (exact) mass is 890 g/mol. The first-order valence-electron chi connectivity index (χ1n) is 17.7. The fourth-order valence-corrected chi connectivity index (χ4v) is 6.85. The Labute approximate surface area is 358 Å². The molecule has 312 valence electrons. The molecular weight excluding hydrogens is 852 g/mol. The lowest BCUT2D eigenvalue weighted by Crippen LogP contribution is -2.35. The molecule has 2 atom stereocenters. The fraction of sp³-hybridized carbons (Fsp3) is 0.275. The van der Waals surface area contributed by atoms with Gasteiger partial charge in [-0.1, -0.05) is 46.4 Å². The van der Waals surface area contributed by atoms with Crippen molar-refractivity contribution in [3.63, 3.8) is 0 Å². The first-order chi connectivity index (χ1) is 27.7. The van der Waals surface area contributed by atoms with Crippen LogP contribution in [0.25, 0.3) is 22.3 Å². The molecule has 13 nitrogen and oxygen atoms in total. The third-order valence-corrected chi connectivity index (χ3v) is 10.7. The Morgan fingerprint density at radius 2 is 1.14 bits per heavy atom. The Morgan fingerprint density at radius 1 is 0.729 bits per heavy atom. The molecule has 6 N–H and O–H groups in total. The molecule has 6 rings (SSSR count). The van der Waals surface area contributed by atoms with Gasteiger partial charge < -0.3 is 31.2 Å². The average Bonchev–Trinajstić information content (AvgIpc) is 3.90. The van der Waals surface area contributed by atoms with Crippen molar-refractivity contribution in [2.75, 3.05) is 18.1 Å². The summed E-state index contributed by atoms with van der Waals surface area (Å²) in [6.45, 7) is 10.1. The van der Waals surface area contributed by atoms with Gasteiger partial charge in [-0.05, 0) is 77.9 Å². The Hall–Kier alpha value is -5.19. The zero-order valence-corrected chi connectivity index (χ0v) is 35.5. The van der Waals surface area contributed by atoms with Crippen molar-refractivity contribution in [1.29, 1.82) is 0 Å². The highest BCUT2D eigenvalue weighted by Crippen LogP contribution is 2.39. The van der Waals surface area contributed by atoms with Crippen molar-refractivity contribution < 1.29 is 33.3 Å². The number of carbonyl (C=O) groups is 1. The van der Waals surface area contributed by atoms with E-state index in [-0.39, 0.29) is 39.1 Å². The van der Waals surface area contributed by atoms with E-state index in [1.165, 1.54) is 55.2 Å². The van der Waals surface area contributed by atoms with Crippen LogP contribution in [-0.2, 0) is 15.9 Å². The number of benzene rings is 2. The highest BCUT2D eigenvalue weighted by molar-refractivity contribution is 6.36. The van der Waals surface area contributed by atoms with Gasteiger partial charge in [-0.25, -0.2) is 23.5 Å². The van der Waals surface area contributed by atoms with Crippen LogP contribution in [0.4, 0.5) is 20.4 Å². The van der Waals surface area contributed by atoms with E-state index in [0.29, 0.717) is 33.0 Å². The van der Waals surface area contributed by atoms with E-state index in [0.717, 1.165) is 11.1 Å². The van der Waals surface area contributed by atoms with Crippen LogP contribution in [0.5, 0.6) is 11.5 Å². The number of ether oxygens (including phenoxy) is 2. The summed E-state index contributed by atoms with van der Waals surface area (Å²) in [6, 6.07) is 8.54. The summed E-state index contributed by atoms with van der Waals surface area (Å²) in [6.07, 6.45) is 8.32. The molecule has 0 amide bonds. The van der Waals surface area contributed by atoms with Crippen molar-refractivity contribution in [2.24, 2.45) is 0 Å². The number of hydrogen-bond acceptors (Lipinski definition) is 10. The highest BCUT2D eigenvalue weighted by Gasteiger charge is 2.30. The Balaban J connectivity index is 0.000000224. The third-order valence-electron chi connectivity index (χ3n) is 9.28. The molecule has 2 aromatic carbocycles. The second kappa shape index (κ2) is 18.0. The number of aliphatic hydroxyl groups excluding tert-OH is 1. The Kier molecular flexibility index (Phi) is 13.7. The van der Waals surface area contributed by atoms with Crippen LogP contribution in [-0.4, -0.2) is 52.3 Å². The van der Waals surface area contributed by atoms with Crippen LogP contribution in [0, 0.1) is 11.6 Å². The number of aliphatic hydroxyl groups is 1. The molecule has 59 heavy (non-hydrogen) atoms. The zero-order chi connectivity index (χ0) is 43.6. The number of nitrogens with zero attached hydrogens (tertiary/aromatic N) is 6. The molecule has 4 heterocycles. The molecule has 6 aromatic rings. The summed E-state index contributed by atoms with van der Waals surface area (Å²) in [5.74, 6) is -1.38. The van der Waals surface area contributed by atoms with Gasteiger partial charge in [-0.3, -0.25) is 9.36 Å². The van der Waals surface area contributed by atoms with Crippen molar-refractivity contribution in [3.8, 4) is 33.8 Å². The van der Waals surface area contributed by atoms with Gasteiger partial charge in [-0.2, -0.15) is 10.2 Å². The second-order valence-corrected chi connectivity index (χ2v) is 16.0. The third kappa shape index (κ3) is 9.82. The fourth-order valence-electron chi connectivity index (χ4n) is 5.50. The normalized spacial score (nSPS) is 12.7. The molecule has 0 aliphatic carbocycles. The number of carboxylic acids is 1. The van der Waals surface area contributed by atoms with Gasteiger partial charge in [0.1, 0.15) is 23.8 Å². The number of nitrogens with two attached hydrogens (primary N) is 2. The number of pyridine rings is 2. The molecule has 0 saturated heterocycles. The number of aliphatic carboxylic acids is 1.